The molecule has 2 aliphatic heterocycles. The van der Waals surface area contributed by atoms with Crippen LogP contribution in [0.4, 0.5) is 18.0 Å². The number of benzene rings is 1. The van der Waals surface area contributed by atoms with Crippen molar-refractivity contribution < 1.29 is 18.0 Å². The highest BCUT2D eigenvalue weighted by Gasteiger charge is 2.40. The lowest BCUT2D eigenvalue weighted by molar-refractivity contribution is 0.0566. The Bertz CT molecular complexity index is 1370. The molecule has 0 radical (unpaired) electrons. The number of carbonyl (C=O) groups is 1. The van der Waals surface area contributed by atoms with Crippen LogP contribution < -0.4 is 5.32 Å². The molecule has 3 aromatic rings. The predicted octanol–water partition coefficient (Wildman–Crippen LogP) is 5.03. The van der Waals surface area contributed by atoms with Gasteiger partial charge < -0.3 is 15.1 Å². The molecule has 2 aliphatic rings. The molecular weight excluding hydrogens is 527 g/mol. The monoisotopic (exact) mass is 549 g/mol. The third kappa shape index (κ3) is 4.95. The lowest BCUT2D eigenvalue weighted by atomic mass is 9.90. The van der Waals surface area contributed by atoms with Gasteiger partial charge in [-0.1, -0.05) is 17.7 Å². The maximum atomic E-state index is 13.9. The van der Waals surface area contributed by atoms with Crippen LogP contribution in [-0.4, -0.2) is 63.6 Å². The molecule has 0 aliphatic carbocycles. The Kier molecular flexibility index (Phi) is 6.95. The van der Waals surface area contributed by atoms with E-state index >= 15 is 0 Å². The number of carbonyl (C=O) groups excluding carboxylic acids is 1. The molecule has 4 heterocycles. The van der Waals surface area contributed by atoms with Gasteiger partial charge in [-0.15, -0.1) is 11.3 Å². The summed E-state index contributed by atoms with van der Waals surface area (Å²) in [7, 11) is 3.33. The Morgan fingerprint density at radius 2 is 2.16 bits per heavy atom. The zero-order valence-electron chi connectivity index (χ0n) is 19.9. The molecule has 2 amide bonds. The van der Waals surface area contributed by atoms with E-state index in [1.54, 1.807) is 26.4 Å². The second-order valence-electron chi connectivity index (χ2n) is 8.97. The summed E-state index contributed by atoms with van der Waals surface area (Å²) in [5.41, 5.74) is 2.50. The lowest BCUT2D eigenvalue weighted by Crippen LogP contribution is -2.38. The third-order valence-corrected chi connectivity index (χ3v) is 7.38. The van der Waals surface area contributed by atoms with Gasteiger partial charge in [0.05, 0.1) is 6.20 Å². The van der Waals surface area contributed by atoms with Crippen LogP contribution in [0.3, 0.4) is 0 Å². The van der Waals surface area contributed by atoms with Crippen LogP contribution in [0.25, 0.3) is 5.57 Å². The highest BCUT2D eigenvalue weighted by atomic mass is 35.5. The molecule has 0 saturated carbocycles. The van der Waals surface area contributed by atoms with E-state index in [4.69, 9.17) is 16.6 Å². The summed E-state index contributed by atoms with van der Waals surface area (Å²) >= 11 is 7.90. The zero-order chi connectivity index (χ0) is 26.3. The normalized spacial score (nSPS) is 19.3. The molecule has 37 heavy (non-hydrogen) atoms. The molecule has 1 aromatic carbocycles. The molecule has 13 heteroatoms. The number of fused-ring (bicyclic) bond motifs is 1. The molecule has 2 atom stereocenters. The Labute approximate surface area is 220 Å². The van der Waals surface area contributed by atoms with Crippen molar-refractivity contribution in [3.8, 4) is 0 Å². The molecule has 1 fully saturated rings. The van der Waals surface area contributed by atoms with Gasteiger partial charge in [0.2, 0.25) is 0 Å². The van der Waals surface area contributed by atoms with E-state index in [1.807, 2.05) is 10.3 Å². The van der Waals surface area contributed by atoms with E-state index in [1.165, 1.54) is 40.8 Å². The van der Waals surface area contributed by atoms with Crippen LogP contribution in [0.5, 0.6) is 0 Å². The lowest BCUT2D eigenvalue weighted by Gasteiger charge is -2.32. The Hall–Kier alpha value is -3.38. The average Bonchev–Trinajstić information content (AvgIpc) is 3.62. The molecule has 5 rings (SSSR count). The summed E-state index contributed by atoms with van der Waals surface area (Å²) in [5, 5.41) is 9.45. The van der Waals surface area contributed by atoms with Gasteiger partial charge >= 0.3 is 12.6 Å². The van der Waals surface area contributed by atoms with Crippen molar-refractivity contribution in [3.05, 3.63) is 74.8 Å². The number of nitrogens with zero attached hydrogens (tertiary/aromatic N) is 6. The number of alkyl halides is 2. The van der Waals surface area contributed by atoms with Crippen molar-refractivity contribution in [2.75, 3.05) is 27.2 Å². The molecule has 194 valence electrons. The standard InChI is InChI=1S/C24H23ClF3N7OS/c1-33(2)24(36)30-9-13-7-18-19(14-10-31-35(12-14)23(27)28)20(16-4-3-15(26)8-17(16)25)32-21(34(18)11-13)22-29-5-6-37-22/h3-6,8,10,12-13,20,23H,7,9,11H2,1-2H3,(H,30,36)/t13?,20-/m0/s1. The smallest absolute Gasteiger partial charge is 0.333 e. The van der Waals surface area contributed by atoms with Crippen molar-refractivity contribution in [2.24, 2.45) is 10.9 Å². The molecule has 1 unspecified atom stereocenters. The van der Waals surface area contributed by atoms with Gasteiger partial charge in [0.25, 0.3) is 0 Å². The van der Waals surface area contributed by atoms with Gasteiger partial charge in [0.1, 0.15) is 11.9 Å². The summed E-state index contributed by atoms with van der Waals surface area (Å²) in [6, 6.07) is 3.15. The first-order valence-corrected chi connectivity index (χ1v) is 12.7. The fourth-order valence-corrected chi connectivity index (χ4v) is 5.50. The van der Waals surface area contributed by atoms with Crippen molar-refractivity contribution in [3.63, 3.8) is 0 Å². The van der Waals surface area contributed by atoms with Crippen LogP contribution >= 0.6 is 22.9 Å². The number of thiazole rings is 1. The first-order chi connectivity index (χ1) is 17.7. The molecule has 0 spiro atoms. The number of aliphatic imine (C=N–C) groups is 1. The Balaban J connectivity index is 1.64. The minimum atomic E-state index is -2.81. The Morgan fingerprint density at radius 1 is 1.35 bits per heavy atom. The number of hydrogen-bond donors (Lipinski definition) is 1. The molecule has 1 saturated heterocycles. The van der Waals surface area contributed by atoms with Gasteiger partial charge in [0, 0.05) is 66.8 Å². The van der Waals surface area contributed by atoms with Crippen LogP contribution in [-0.2, 0) is 0 Å². The van der Waals surface area contributed by atoms with Gasteiger partial charge in [0.15, 0.2) is 10.8 Å². The summed E-state index contributed by atoms with van der Waals surface area (Å²) < 4.78 is 41.4. The number of rotatable bonds is 6. The SMILES string of the molecule is CN(C)C(=O)NCC1CC2=C(c3cnn(C(F)F)c3)[C@H](c3ccc(F)cc3Cl)N=C(c3nccs3)N2C1. The average molecular weight is 550 g/mol. The first-order valence-electron chi connectivity index (χ1n) is 11.4. The molecule has 2 aromatic heterocycles. The van der Waals surface area contributed by atoms with Crippen molar-refractivity contribution in [2.45, 2.75) is 19.0 Å². The first kappa shape index (κ1) is 25.3. The summed E-state index contributed by atoms with van der Waals surface area (Å²) in [5.74, 6) is 0.140. The molecule has 1 N–H and O–H groups in total. The zero-order valence-corrected chi connectivity index (χ0v) is 21.5. The van der Waals surface area contributed by atoms with E-state index in [9.17, 15) is 18.0 Å². The highest BCUT2D eigenvalue weighted by molar-refractivity contribution is 7.11. The highest BCUT2D eigenvalue weighted by Crippen LogP contribution is 2.47. The van der Waals surface area contributed by atoms with Crippen molar-refractivity contribution >= 4 is 40.4 Å². The maximum Gasteiger partial charge on any atom is 0.333 e. The summed E-state index contributed by atoms with van der Waals surface area (Å²) in [4.78, 5) is 25.1. The molecule has 8 nitrogen and oxygen atoms in total. The van der Waals surface area contributed by atoms with E-state index in [0.717, 1.165) is 5.70 Å². The van der Waals surface area contributed by atoms with Crippen LogP contribution in [0, 0.1) is 11.7 Å². The van der Waals surface area contributed by atoms with Crippen molar-refractivity contribution in [1.29, 1.82) is 0 Å². The Morgan fingerprint density at radius 3 is 2.81 bits per heavy atom. The number of amides is 2. The van der Waals surface area contributed by atoms with Crippen LogP contribution in [0.2, 0.25) is 5.02 Å². The maximum absolute atomic E-state index is 13.9. The minimum absolute atomic E-state index is 0.0200. The number of urea groups is 1. The topological polar surface area (TPSA) is 78.6 Å². The number of nitrogens with one attached hydrogen (secondary N) is 1. The van der Waals surface area contributed by atoms with E-state index in [0.29, 0.717) is 51.7 Å². The van der Waals surface area contributed by atoms with Gasteiger partial charge in [-0.25, -0.2) is 18.9 Å². The second kappa shape index (κ2) is 10.2. The largest absolute Gasteiger partial charge is 0.338 e. The number of aromatic nitrogens is 3. The van der Waals surface area contributed by atoms with Crippen LogP contribution in [0.15, 0.2) is 52.9 Å². The van der Waals surface area contributed by atoms with Crippen molar-refractivity contribution in [1.82, 2.24) is 29.9 Å². The number of hydrogen-bond acceptors (Lipinski definition) is 6. The summed E-state index contributed by atoms with van der Waals surface area (Å²) in [6.45, 7) is -1.86. The predicted molar refractivity (Wildman–Crippen MR) is 135 cm³/mol. The number of halogens is 4. The minimum Gasteiger partial charge on any atom is -0.338 e. The number of allylic oxidation sites excluding steroid dienone is 1. The quantitative estimate of drug-likeness (QED) is 0.468. The fraction of sp³-hybridized carbons (Fsp3) is 0.333. The van der Waals surface area contributed by atoms with E-state index in [-0.39, 0.29) is 17.0 Å². The number of amidine groups is 1. The molecule has 0 bridgehead atoms. The fourth-order valence-electron chi connectivity index (χ4n) is 4.59. The van der Waals surface area contributed by atoms with Gasteiger partial charge in [-0.2, -0.15) is 13.9 Å². The summed E-state index contributed by atoms with van der Waals surface area (Å²) in [6.07, 6.45) is 4.88. The van der Waals surface area contributed by atoms with E-state index < -0.39 is 18.4 Å². The van der Waals surface area contributed by atoms with Gasteiger partial charge in [-0.3, -0.25) is 4.99 Å². The second-order valence-corrected chi connectivity index (χ2v) is 10.3. The third-order valence-electron chi connectivity index (χ3n) is 6.28. The van der Waals surface area contributed by atoms with E-state index in [2.05, 4.69) is 15.4 Å². The molecular formula is C24H23ClF3N7OS. The van der Waals surface area contributed by atoms with Gasteiger partial charge in [-0.05, 0) is 30.0 Å². The van der Waals surface area contributed by atoms with Crippen LogP contribution in [0.1, 0.15) is 35.1 Å².